The average Bonchev–Trinajstić information content (AvgIpc) is 2.47. The first-order chi connectivity index (χ1) is 10.6. The second-order valence-corrected chi connectivity index (χ2v) is 4.77. The van der Waals surface area contributed by atoms with Crippen molar-refractivity contribution in [1.29, 1.82) is 0 Å². The van der Waals surface area contributed by atoms with Crippen LogP contribution in [-0.4, -0.2) is 45.2 Å². The third kappa shape index (κ3) is 9.82. The number of phenols is 1. The van der Waals surface area contributed by atoms with Gasteiger partial charge in [0.1, 0.15) is 17.8 Å². The van der Waals surface area contributed by atoms with E-state index in [9.17, 15) is 14.4 Å². The molecule has 1 amide bonds. The molecular weight excluding hydrogens is 306 g/mol. The van der Waals surface area contributed by atoms with Gasteiger partial charge < -0.3 is 32.5 Å². The van der Waals surface area contributed by atoms with Gasteiger partial charge in [-0.2, -0.15) is 0 Å². The fourth-order valence-corrected chi connectivity index (χ4v) is 1.39. The normalized spacial score (nSPS) is 12.4. The highest BCUT2D eigenvalue weighted by Crippen LogP contribution is 2.10. The van der Waals surface area contributed by atoms with Gasteiger partial charge in [0.2, 0.25) is 5.91 Å². The van der Waals surface area contributed by atoms with Crippen LogP contribution in [0.4, 0.5) is 0 Å². The molecule has 1 rings (SSSR count). The number of aliphatic carboxylic acids is 2. The summed E-state index contributed by atoms with van der Waals surface area (Å²) in [6.07, 6.45) is 0.397. The number of carboxylic acid groups (broad SMARTS) is 2. The Balaban J connectivity index is 0.000000438. The lowest BCUT2D eigenvalue weighted by molar-refractivity contribution is -0.139. The highest BCUT2D eigenvalue weighted by atomic mass is 16.4. The Labute approximate surface area is 132 Å². The number of carbonyl (C=O) groups excluding carboxylic acids is 1. The molecule has 0 fully saturated rings. The number of hydrogen-bond donors (Lipinski definition) is 6. The van der Waals surface area contributed by atoms with Gasteiger partial charge >= 0.3 is 11.9 Å². The summed E-state index contributed by atoms with van der Waals surface area (Å²) in [5.41, 5.74) is 15.9. The summed E-state index contributed by atoms with van der Waals surface area (Å²) in [7, 11) is 0. The maximum atomic E-state index is 10.4. The second-order valence-electron chi connectivity index (χ2n) is 4.77. The lowest BCUT2D eigenvalue weighted by Gasteiger charge is -2.05. The maximum absolute atomic E-state index is 10.4. The van der Waals surface area contributed by atoms with E-state index in [-0.39, 0.29) is 25.0 Å². The minimum Gasteiger partial charge on any atom is -0.508 e. The van der Waals surface area contributed by atoms with Crippen LogP contribution < -0.4 is 17.2 Å². The van der Waals surface area contributed by atoms with E-state index in [1.165, 1.54) is 12.1 Å². The molecule has 0 unspecified atom stereocenters. The summed E-state index contributed by atoms with van der Waals surface area (Å²) in [4.78, 5) is 30.5. The second kappa shape index (κ2) is 10.1. The zero-order valence-corrected chi connectivity index (χ0v) is 12.4. The van der Waals surface area contributed by atoms with Crippen LogP contribution in [0.1, 0.15) is 18.4 Å². The summed E-state index contributed by atoms with van der Waals surface area (Å²) in [6, 6.07) is 4.45. The van der Waals surface area contributed by atoms with E-state index >= 15 is 0 Å². The van der Waals surface area contributed by atoms with E-state index in [1.807, 2.05) is 0 Å². The third-order valence-corrected chi connectivity index (χ3v) is 2.73. The fourth-order valence-electron chi connectivity index (χ4n) is 1.39. The molecular formula is C14H21N3O6. The molecule has 23 heavy (non-hydrogen) atoms. The number of phenolic OH excluding ortho intramolecular Hbond substituents is 1. The van der Waals surface area contributed by atoms with Crippen molar-refractivity contribution in [2.24, 2.45) is 17.2 Å². The van der Waals surface area contributed by atoms with Crippen LogP contribution >= 0.6 is 0 Å². The third-order valence-electron chi connectivity index (χ3n) is 2.73. The van der Waals surface area contributed by atoms with Crippen molar-refractivity contribution >= 4 is 17.8 Å². The topological polar surface area (TPSA) is 190 Å². The van der Waals surface area contributed by atoms with Gasteiger partial charge in [-0.3, -0.25) is 14.4 Å². The van der Waals surface area contributed by atoms with Crippen molar-refractivity contribution in [3.63, 3.8) is 0 Å². The van der Waals surface area contributed by atoms with E-state index in [0.29, 0.717) is 0 Å². The summed E-state index contributed by atoms with van der Waals surface area (Å²) < 4.78 is 0. The minimum atomic E-state index is -1.11. The van der Waals surface area contributed by atoms with Gasteiger partial charge in [-0.05, 0) is 30.5 Å². The number of carboxylic acids is 2. The van der Waals surface area contributed by atoms with Crippen molar-refractivity contribution in [1.82, 2.24) is 0 Å². The Kier molecular flexibility index (Phi) is 8.97. The Hall–Kier alpha value is -2.65. The Morgan fingerprint density at radius 1 is 0.957 bits per heavy atom. The van der Waals surface area contributed by atoms with Crippen molar-refractivity contribution in [3.05, 3.63) is 29.8 Å². The Morgan fingerprint density at radius 2 is 1.43 bits per heavy atom. The molecule has 0 aliphatic heterocycles. The number of nitrogens with two attached hydrogens (primary N) is 3. The predicted octanol–water partition coefficient (Wildman–Crippen LogP) is -0.990. The smallest absolute Gasteiger partial charge is 0.320 e. The lowest BCUT2D eigenvalue weighted by atomic mass is 10.1. The summed E-state index contributed by atoms with van der Waals surface area (Å²) in [5.74, 6) is -2.50. The van der Waals surface area contributed by atoms with Crippen molar-refractivity contribution in [2.45, 2.75) is 31.3 Å². The molecule has 0 radical (unpaired) electrons. The van der Waals surface area contributed by atoms with Crippen LogP contribution in [-0.2, 0) is 20.8 Å². The molecule has 0 bridgehead atoms. The number of carbonyl (C=O) groups is 3. The number of rotatable bonds is 7. The van der Waals surface area contributed by atoms with Crippen LogP contribution in [0.25, 0.3) is 0 Å². The number of amides is 1. The first-order valence-corrected chi connectivity index (χ1v) is 6.66. The van der Waals surface area contributed by atoms with Gasteiger partial charge in [-0.15, -0.1) is 0 Å². The van der Waals surface area contributed by atoms with E-state index in [0.717, 1.165) is 5.56 Å². The van der Waals surface area contributed by atoms with Gasteiger partial charge in [-0.25, -0.2) is 0 Å². The SMILES string of the molecule is NC(=O)CC[C@H](N)C(=O)O.N[C@@H](Cc1ccc(O)cc1)C(=O)O. The first-order valence-electron chi connectivity index (χ1n) is 6.66. The highest BCUT2D eigenvalue weighted by Gasteiger charge is 2.12. The van der Waals surface area contributed by atoms with E-state index in [2.05, 4.69) is 0 Å². The standard InChI is InChI=1S/C9H11NO3.C5H10N2O3/c10-8(9(12)13)5-6-1-3-7(11)4-2-6;6-3(5(9)10)1-2-4(7)8/h1-4,8,11H,5,10H2,(H,12,13);3H,1-2,6H2,(H2,7,8)(H,9,10)/t8-;3-/m00/s1. The van der Waals surface area contributed by atoms with Gasteiger partial charge in [0.25, 0.3) is 0 Å². The molecule has 9 nitrogen and oxygen atoms in total. The number of benzene rings is 1. The monoisotopic (exact) mass is 327 g/mol. The van der Waals surface area contributed by atoms with E-state index < -0.39 is 29.9 Å². The van der Waals surface area contributed by atoms with Gasteiger partial charge in [-0.1, -0.05) is 12.1 Å². The molecule has 9 N–H and O–H groups in total. The predicted molar refractivity (Wildman–Crippen MR) is 81.5 cm³/mol. The molecule has 0 heterocycles. The highest BCUT2D eigenvalue weighted by molar-refractivity contribution is 5.77. The molecule has 0 aliphatic rings. The van der Waals surface area contributed by atoms with Gasteiger partial charge in [0.15, 0.2) is 0 Å². The van der Waals surface area contributed by atoms with Crippen LogP contribution in [0.5, 0.6) is 5.75 Å². The largest absolute Gasteiger partial charge is 0.508 e. The van der Waals surface area contributed by atoms with Gasteiger partial charge in [0.05, 0.1) is 0 Å². The Morgan fingerprint density at radius 3 is 1.83 bits per heavy atom. The molecule has 1 aromatic carbocycles. The lowest BCUT2D eigenvalue weighted by Crippen LogP contribution is -2.32. The first kappa shape index (κ1) is 20.3. The molecule has 0 aliphatic carbocycles. The van der Waals surface area contributed by atoms with Crippen molar-refractivity contribution < 1.29 is 29.7 Å². The molecule has 0 spiro atoms. The molecule has 1 aromatic rings. The molecule has 9 heteroatoms. The molecule has 0 aromatic heterocycles. The van der Waals surface area contributed by atoms with Crippen LogP contribution in [0.3, 0.4) is 0 Å². The van der Waals surface area contributed by atoms with Crippen LogP contribution in [0, 0.1) is 0 Å². The van der Waals surface area contributed by atoms with Crippen molar-refractivity contribution in [3.8, 4) is 5.75 Å². The molecule has 0 saturated carbocycles. The Bertz CT molecular complexity index is 532. The zero-order chi connectivity index (χ0) is 18.0. The summed E-state index contributed by atoms with van der Waals surface area (Å²) >= 11 is 0. The van der Waals surface area contributed by atoms with Crippen LogP contribution in [0.15, 0.2) is 24.3 Å². The minimum absolute atomic E-state index is 0.0213. The number of primary amides is 1. The molecule has 2 atom stereocenters. The van der Waals surface area contributed by atoms with Crippen LogP contribution in [0.2, 0.25) is 0 Å². The zero-order valence-electron chi connectivity index (χ0n) is 12.4. The summed E-state index contributed by atoms with van der Waals surface area (Å²) in [5, 5.41) is 25.7. The number of aromatic hydroxyl groups is 1. The average molecular weight is 327 g/mol. The van der Waals surface area contributed by atoms with E-state index in [1.54, 1.807) is 12.1 Å². The van der Waals surface area contributed by atoms with Gasteiger partial charge in [0, 0.05) is 6.42 Å². The number of hydrogen-bond acceptors (Lipinski definition) is 6. The molecule has 128 valence electrons. The quantitative estimate of drug-likeness (QED) is 0.367. The molecule has 0 saturated heterocycles. The maximum Gasteiger partial charge on any atom is 0.320 e. The fraction of sp³-hybridized carbons (Fsp3) is 0.357. The van der Waals surface area contributed by atoms with E-state index in [4.69, 9.17) is 32.5 Å². The summed E-state index contributed by atoms with van der Waals surface area (Å²) in [6.45, 7) is 0. The van der Waals surface area contributed by atoms with Crippen molar-refractivity contribution in [2.75, 3.05) is 0 Å².